The average Bonchev–Trinajstić information content (AvgIpc) is 2.47. The molecule has 0 fully saturated rings. The SMILES string of the molecule is Cc1cc(C)c2c(c1)[C@H](Nc1nc(N)nc([C@@H](C)F)n1)CCC2. The van der Waals surface area contributed by atoms with Crippen molar-refractivity contribution in [2.45, 2.75) is 52.2 Å². The third-order valence-electron chi connectivity index (χ3n) is 4.28. The van der Waals surface area contributed by atoms with Crippen molar-refractivity contribution in [3.8, 4) is 0 Å². The van der Waals surface area contributed by atoms with E-state index in [1.807, 2.05) is 0 Å². The second kappa shape index (κ2) is 6.10. The molecule has 1 heterocycles. The van der Waals surface area contributed by atoms with Crippen molar-refractivity contribution in [2.75, 3.05) is 11.1 Å². The molecule has 1 aliphatic rings. The van der Waals surface area contributed by atoms with Crippen molar-refractivity contribution < 1.29 is 4.39 Å². The number of hydrogen-bond acceptors (Lipinski definition) is 5. The smallest absolute Gasteiger partial charge is 0.228 e. The minimum Gasteiger partial charge on any atom is -0.368 e. The van der Waals surface area contributed by atoms with E-state index in [4.69, 9.17) is 5.73 Å². The minimum atomic E-state index is -1.27. The van der Waals surface area contributed by atoms with Crippen LogP contribution in [0.25, 0.3) is 0 Å². The van der Waals surface area contributed by atoms with E-state index in [0.29, 0.717) is 5.95 Å². The van der Waals surface area contributed by atoms with E-state index in [0.717, 1.165) is 19.3 Å². The summed E-state index contributed by atoms with van der Waals surface area (Å²) in [5.41, 5.74) is 10.9. The summed E-state index contributed by atoms with van der Waals surface area (Å²) < 4.78 is 13.5. The lowest BCUT2D eigenvalue weighted by molar-refractivity contribution is 0.356. The summed E-state index contributed by atoms with van der Waals surface area (Å²) in [6, 6.07) is 4.54. The highest BCUT2D eigenvalue weighted by Gasteiger charge is 2.23. The Morgan fingerprint density at radius 1 is 1.26 bits per heavy atom. The van der Waals surface area contributed by atoms with Crippen LogP contribution in [0.3, 0.4) is 0 Å². The average molecular weight is 315 g/mol. The second-order valence-electron chi connectivity index (χ2n) is 6.23. The maximum Gasteiger partial charge on any atom is 0.228 e. The van der Waals surface area contributed by atoms with E-state index in [1.165, 1.54) is 29.2 Å². The lowest BCUT2D eigenvalue weighted by Crippen LogP contribution is -2.20. The van der Waals surface area contributed by atoms with E-state index in [9.17, 15) is 4.39 Å². The minimum absolute atomic E-state index is 0.0402. The van der Waals surface area contributed by atoms with E-state index in [-0.39, 0.29) is 17.8 Å². The standard InChI is InChI=1S/C17H22FN5/c1-9-7-10(2)12-5-4-6-14(13(12)8-9)20-17-22-15(11(3)18)21-16(19)23-17/h7-8,11,14H,4-6H2,1-3H3,(H3,19,20,21,22,23)/t11-,14-/m1/s1. The molecular formula is C17H22FN5. The summed E-state index contributed by atoms with van der Waals surface area (Å²) in [6.07, 6.45) is 1.90. The van der Waals surface area contributed by atoms with Crippen LogP contribution in [0.5, 0.6) is 0 Å². The van der Waals surface area contributed by atoms with Crippen molar-refractivity contribution in [3.05, 3.63) is 40.2 Å². The van der Waals surface area contributed by atoms with E-state index in [1.54, 1.807) is 0 Å². The summed E-state index contributed by atoms with van der Waals surface area (Å²) in [5, 5.41) is 3.32. The number of fused-ring (bicyclic) bond motifs is 1. The zero-order valence-corrected chi connectivity index (χ0v) is 13.7. The van der Waals surface area contributed by atoms with Crippen molar-refractivity contribution in [2.24, 2.45) is 0 Å². The molecule has 3 rings (SSSR count). The van der Waals surface area contributed by atoms with Gasteiger partial charge in [-0.25, -0.2) is 4.39 Å². The predicted molar refractivity (Wildman–Crippen MR) is 89.0 cm³/mol. The van der Waals surface area contributed by atoms with Crippen LogP contribution in [0.1, 0.15) is 60.1 Å². The molecule has 2 atom stereocenters. The molecule has 0 saturated carbocycles. The zero-order chi connectivity index (χ0) is 16.6. The molecule has 1 aliphatic carbocycles. The Hall–Kier alpha value is -2.24. The third-order valence-corrected chi connectivity index (χ3v) is 4.28. The number of rotatable bonds is 3. The second-order valence-corrected chi connectivity index (χ2v) is 6.23. The Bertz CT molecular complexity index is 729. The van der Waals surface area contributed by atoms with Crippen molar-refractivity contribution >= 4 is 11.9 Å². The van der Waals surface area contributed by atoms with Gasteiger partial charge >= 0.3 is 0 Å². The van der Waals surface area contributed by atoms with E-state index >= 15 is 0 Å². The first-order valence-electron chi connectivity index (χ1n) is 7.96. The van der Waals surface area contributed by atoms with Crippen molar-refractivity contribution in [3.63, 3.8) is 0 Å². The highest BCUT2D eigenvalue weighted by Crippen LogP contribution is 2.34. The molecule has 23 heavy (non-hydrogen) atoms. The van der Waals surface area contributed by atoms with E-state index < -0.39 is 6.17 Å². The van der Waals surface area contributed by atoms with Gasteiger partial charge in [-0.2, -0.15) is 15.0 Å². The Balaban J connectivity index is 1.94. The molecule has 0 amide bonds. The highest BCUT2D eigenvalue weighted by atomic mass is 19.1. The number of aryl methyl sites for hydroxylation is 2. The first kappa shape index (κ1) is 15.6. The number of nitrogens with two attached hydrogens (primary N) is 1. The van der Waals surface area contributed by atoms with Crippen LogP contribution in [-0.4, -0.2) is 15.0 Å². The Morgan fingerprint density at radius 3 is 2.78 bits per heavy atom. The first-order valence-corrected chi connectivity index (χ1v) is 7.96. The van der Waals surface area contributed by atoms with Crippen molar-refractivity contribution in [1.29, 1.82) is 0 Å². The number of nitrogens with zero attached hydrogens (tertiary/aromatic N) is 3. The summed E-state index contributed by atoms with van der Waals surface area (Å²) in [5.74, 6) is 0.448. The van der Waals surface area contributed by atoms with Crippen LogP contribution in [0.15, 0.2) is 12.1 Å². The highest BCUT2D eigenvalue weighted by molar-refractivity contribution is 5.45. The van der Waals surface area contributed by atoms with Crippen LogP contribution < -0.4 is 11.1 Å². The number of benzene rings is 1. The molecule has 1 aromatic heterocycles. The maximum absolute atomic E-state index is 13.5. The summed E-state index contributed by atoms with van der Waals surface area (Å²) >= 11 is 0. The third kappa shape index (κ3) is 3.25. The zero-order valence-electron chi connectivity index (χ0n) is 13.7. The van der Waals surface area contributed by atoms with Gasteiger partial charge in [-0.1, -0.05) is 17.7 Å². The monoisotopic (exact) mass is 315 g/mol. The first-order chi connectivity index (χ1) is 10.9. The lowest BCUT2D eigenvalue weighted by Gasteiger charge is -2.28. The number of halogens is 1. The topological polar surface area (TPSA) is 76.7 Å². The van der Waals surface area contributed by atoms with Gasteiger partial charge in [0.1, 0.15) is 0 Å². The van der Waals surface area contributed by atoms with Gasteiger partial charge in [0.05, 0.1) is 6.04 Å². The fraction of sp³-hybridized carbons (Fsp3) is 0.471. The molecule has 6 heteroatoms. The fourth-order valence-corrected chi connectivity index (χ4v) is 3.28. The number of hydrogen-bond donors (Lipinski definition) is 2. The van der Waals surface area contributed by atoms with Crippen LogP contribution in [-0.2, 0) is 6.42 Å². The molecule has 0 unspecified atom stereocenters. The van der Waals surface area contributed by atoms with Crippen LogP contribution >= 0.6 is 0 Å². The summed E-state index contributed by atoms with van der Waals surface area (Å²) in [4.78, 5) is 12.1. The fourth-order valence-electron chi connectivity index (χ4n) is 3.28. The van der Waals surface area contributed by atoms with Crippen LogP contribution in [0.4, 0.5) is 16.3 Å². The number of nitrogens with one attached hydrogen (secondary N) is 1. The van der Waals surface area contributed by atoms with Gasteiger partial charge in [0, 0.05) is 0 Å². The molecule has 122 valence electrons. The van der Waals surface area contributed by atoms with Gasteiger partial charge in [-0.3, -0.25) is 0 Å². The molecule has 0 radical (unpaired) electrons. The quantitative estimate of drug-likeness (QED) is 0.905. The normalized spacial score (nSPS) is 18.3. The molecule has 1 aromatic carbocycles. The van der Waals surface area contributed by atoms with Gasteiger partial charge in [0.25, 0.3) is 0 Å². The Kier molecular flexibility index (Phi) is 4.15. The number of aromatic nitrogens is 3. The Labute approximate surface area is 135 Å². The van der Waals surface area contributed by atoms with E-state index in [2.05, 4.69) is 46.2 Å². The Morgan fingerprint density at radius 2 is 2.04 bits per heavy atom. The molecule has 5 nitrogen and oxygen atoms in total. The molecular weight excluding hydrogens is 293 g/mol. The lowest BCUT2D eigenvalue weighted by atomic mass is 9.84. The van der Waals surface area contributed by atoms with Gasteiger partial charge in [0.2, 0.25) is 11.9 Å². The van der Waals surface area contributed by atoms with Crippen molar-refractivity contribution in [1.82, 2.24) is 15.0 Å². The molecule has 3 N–H and O–H groups in total. The van der Waals surface area contributed by atoms with Gasteiger partial charge in [-0.05, 0) is 56.7 Å². The number of nitrogen functional groups attached to an aromatic ring is 1. The maximum atomic E-state index is 13.5. The predicted octanol–water partition coefficient (Wildman–Crippen LogP) is 3.59. The van der Waals surface area contributed by atoms with Gasteiger partial charge < -0.3 is 11.1 Å². The molecule has 0 spiro atoms. The molecule has 0 saturated heterocycles. The molecule has 0 aliphatic heterocycles. The molecule has 0 bridgehead atoms. The number of alkyl halides is 1. The van der Waals surface area contributed by atoms with Gasteiger partial charge in [-0.15, -0.1) is 0 Å². The van der Waals surface area contributed by atoms with Crippen LogP contribution in [0, 0.1) is 13.8 Å². The molecule has 2 aromatic rings. The number of anilines is 2. The van der Waals surface area contributed by atoms with Crippen LogP contribution in [0.2, 0.25) is 0 Å². The van der Waals surface area contributed by atoms with Gasteiger partial charge in [0.15, 0.2) is 12.0 Å². The summed E-state index contributed by atoms with van der Waals surface area (Å²) in [6.45, 7) is 5.64. The summed E-state index contributed by atoms with van der Waals surface area (Å²) in [7, 11) is 0. The largest absolute Gasteiger partial charge is 0.368 e.